The summed E-state index contributed by atoms with van der Waals surface area (Å²) in [6.45, 7) is 4.49. The van der Waals surface area contributed by atoms with Gasteiger partial charge in [-0.25, -0.2) is 4.99 Å². The molecule has 0 unspecified atom stereocenters. The van der Waals surface area contributed by atoms with Crippen LogP contribution in [-0.4, -0.2) is 22.8 Å². The summed E-state index contributed by atoms with van der Waals surface area (Å²) in [7, 11) is 0. The molecule has 3 rings (SSSR count). The summed E-state index contributed by atoms with van der Waals surface area (Å²) in [4.78, 5) is 17.3. The van der Waals surface area contributed by atoms with Crippen LogP contribution in [0.2, 0.25) is 0 Å². The third-order valence-corrected chi connectivity index (χ3v) is 5.13. The van der Waals surface area contributed by atoms with Gasteiger partial charge in [0.25, 0.3) is 5.91 Å². The fraction of sp³-hybridized carbons (Fsp3) is 0.273. The van der Waals surface area contributed by atoms with Gasteiger partial charge in [-0.1, -0.05) is 31.5 Å². The van der Waals surface area contributed by atoms with Gasteiger partial charge in [0.15, 0.2) is 16.7 Å². The molecular formula is C22H24N2O3S. The average Bonchev–Trinajstić information content (AvgIpc) is 3.03. The van der Waals surface area contributed by atoms with Gasteiger partial charge in [-0.05, 0) is 73.0 Å². The van der Waals surface area contributed by atoms with Crippen molar-refractivity contribution in [2.45, 2.75) is 33.1 Å². The van der Waals surface area contributed by atoms with Crippen LogP contribution in [0.5, 0.6) is 11.5 Å². The number of phenols is 1. The monoisotopic (exact) mass is 396 g/mol. The zero-order valence-electron chi connectivity index (χ0n) is 16.1. The first kappa shape index (κ1) is 20.0. The maximum absolute atomic E-state index is 12.3. The third kappa shape index (κ3) is 5.16. The number of phenolic OH excluding ortho intramolecular Hbond substituents is 1. The summed E-state index contributed by atoms with van der Waals surface area (Å²) in [5.41, 5.74) is 2.89. The lowest BCUT2D eigenvalue weighted by atomic mass is 10.1. The van der Waals surface area contributed by atoms with Crippen LogP contribution in [-0.2, 0) is 11.2 Å². The summed E-state index contributed by atoms with van der Waals surface area (Å²) >= 11 is 1.30. The zero-order chi connectivity index (χ0) is 19.9. The van der Waals surface area contributed by atoms with Gasteiger partial charge in [0, 0.05) is 0 Å². The molecule has 2 aromatic rings. The Balaban J connectivity index is 1.73. The van der Waals surface area contributed by atoms with E-state index >= 15 is 0 Å². The van der Waals surface area contributed by atoms with Crippen LogP contribution in [0.1, 0.15) is 37.8 Å². The maximum atomic E-state index is 12.3. The van der Waals surface area contributed by atoms with Crippen molar-refractivity contribution in [3.63, 3.8) is 0 Å². The molecule has 0 radical (unpaired) electrons. The number of aromatic hydroxyl groups is 1. The normalized spacial score (nSPS) is 16.6. The van der Waals surface area contributed by atoms with Crippen molar-refractivity contribution in [3.8, 4) is 11.5 Å². The highest BCUT2D eigenvalue weighted by molar-refractivity contribution is 8.18. The summed E-state index contributed by atoms with van der Waals surface area (Å²) in [5, 5.41) is 13.2. The number of hydrogen-bond acceptors (Lipinski definition) is 5. The number of aryl methyl sites for hydroxylation is 1. The SMILES string of the molecule is CCCCc1ccc(N=C2NC(=O)/C(=C/c3ccc(O)c(OCC)c3)S2)cc1. The molecule has 1 saturated heterocycles. The number of benzene rings is 2. The fourth-order valence-electron chi connectivity index (χ4n) is 2.76. The molecular weight excluding hydrogens is 372 g/mol. The first-order chi connectivity index (χ1) is 13.6. The minimum atomic E-state index is -0.186. The highest BCUT2D eigenvalue weighted by Gasteiger charge is 2.24. The van der Waals surface area contributed by atoms with E-state index in [4.69, 9.17) is 4.74 Å². The highest BCUT2D eigenvalue weighted by Crippen LogP contribution is 2.31. The second-order valence-electron chi connectivity index (χ2n) is 6.41. The molecule has 28 heavy (non-hydrogen) atoms. The van der Waals surface area contributed by atoms with Crippen LogP contribution in [0.25, 0.3) is 6.08 Å². The van der Waals surface area contributed by atoms with Crippen LogP contribution in [0.15, 0.2) is 52.4 Å². The van der Waals surface area contributed by atoms with Crippen molar-refractivity contribution in [1.82, 2.24) is 5.32 Å². The lowest BCUT2D eigenvalue weighted by Gasteiger charge is -2.06. The van der Waals surface area contributed by atoms with Gasteiger partial charge in [0.1, 0.15) is 0 Å². The number of ether oxygens (including phenoxy) is 1. The predicted molar refractivity (Wildman–Crippen MR) is 115 cm³/mol. The molecule has 0 atom stereocenters. The Morgan fingerprint density at radius 1 is 1.18 bits per heavy atom. The summed E-state index contributed by atoms with van der Waals surface area (Å²) < 4.78 is 5.39. The number of amidine groups is 1. The van der Waals surface area contributed by atoms with E-state index in [-0.39, 0.29) is 11.7 Å². The lowest BCUT2D eigenvalue weighted by Crippen LogP contribution is -2.19. The minimum Gasteiger partial charge on any atom is -0.504 e. The molecule has 0 aromatic heterocycles. The Labute approximate surface area is 169 Å². The molecule has 2 aromatic carbocycles. The molecule has 1 aliphatic heterocycles. The van der Waals surface area contributed by atoms with Crippen molar-refractivity contribution >= 4 is 34.6 Å². The predicted octanol–water partition coefficient (Wildman–Crippen LogP) is 5.03. The smallest absolute Gasteiger partial charge is 0.264 e. The fourth-order valence-corrected chi connectivity index (χ4v) is 3.60. The molecule has 5 nitrogen and oxygen atoms in total. The Morgan fingerprint density at radius 3 is 2.68 bits per heavy atom. The first-order valence-electron chi connectivity index (χ1n) is 9.43. The minimum absolute atomic E-state index is 0.0807. The number of rotatable bonds is 7. The number of carbonyl (C=O) groups excluding carboxylic acids is 1. The molecule has 2 N–H and O–H groups in total. The van der Waals surface area contributed by atoms with Gasteiger partial charge >= 0.3 is 0 Å². The molecule has 1 aliphatic rings. The topological polar surface area (TPSA) is 70.9 Å². The van der Waals surface area contributed by atoms with Crippen molar-refractivity contribution in [2.24, 2.45) is 4.99 Å². The number of carbonyl (C=O) groups is 1. The van der Waals surface area contributed by atoms with Crippen molar-refractivity contribution in [2.75, 3.05) is 6.61 Å². The second-order valence-corrected chi connectivity index (χ2v) is 7.44. The van der Waals surface area contributed by atoms with Crippen molar-refractivity contribution in [1.29, 1.82) is 0 Å². The van der Waals surface area contributed by atoms with E-state index in [1.165, 1.54) is 30.2 Å². The highest BCUT2D eigenvalue weighted by atomic mass is 32.2. The van der Waals surface area contributed by atoms with Gasteiger partial charge in [0.2, 0.25) is 0 Å². The first-order valence-corrected chi connectivity index (χ1v) is 10.2. The average molecular weight is 397 g/mol. The number of nitrogens with one attached hydrogen (secondary N) is 1. The molecule has 1 heterocycles. The zero-order valence-corrected chi connectivity index (χ0v) is 16.9. The van der Waals surface area contributed by atoms with Gasteiger partial charge in [0.05, 0.1) is 17.2 Å². The van der Waals surface area contributed by atoms with E-state index in [1.807, 2.05) is 19.1 Å². The van der Waals surface area contributed by atoms with E-state index in [0.717, 1.165) is 17.7 Å². The number of aliphatic imine (C=N–C) groups is 1. The number of thioether (sulfide) groups is 1. The van der Waals surface area contributed by atoms with Gasteiger partial charge in [-0.15, -0.1) is 0 Å². The van der Waals surface area contributed by atoms with E-state index in [1.54, 1.807) is 24.3 Å². The molecule has 0 spiro atoms. The number of amides is 1. The second kappa shape index (κ2) is 9.46. The van der Waals surface area contributed by atoms with Crippen LogP contribution in [0.4, 0.5) is 5.69 Å². The molecule has 0 saturated carbocycles. The van der Waals surface area contributed by atoms with Crippen molar-refractivity contribution in [3.05, 3.63) is 58.5 Å². The molecule has 146 valence electrons. The lowest BCUT2D eigenvalue weighted by molar-refractivity contribution is -0.115. The maximum Gasteiger partial charge on any atom is 0.264 e. The van der Waals surface area contributed by atoms with E-state index in [2.05, 4.69) is 29.4 Å². The van der Waals surface area contributed by atoms with Gasteiger partial charge < -0.3 is 15.2 Å². The third-order valence-electron chi connectivity index (χ3n) is 4.22. The summed E-state index contributed by atoms with van der Waals surface area (Å²) in [6.07, 6.45) is 5.19. The molecule has 0 aliphatic carbocycles. The van der Waals surface area contributed by atoms with Crippen LogP contribution in [0, 0.1) is 0 Å². The van der Waals surface area contributed by atoms with E-state index < -0.39 is 0 Å². The Morgan fingerprint density at radius 2 is 1.96 bits per heavy atom. The largest absolute Gasteiger partial charge is 0.504 e. The Hall–Kier alpha value is -2.73. The Bertz CT molecular complexity index is 904. The number of unbranched alkanes of at least 4 members (excludes halogenated alkanes) is 1. The van der Waals surface area contributed by atoms with Crippen LogP contribution >= 0.6 is 11.8 Å². The number of nitrogens with zero attached hydrogens (tertiary/aromatic N) is 1. The number of hydrogen-bond donors (Lipinski definition) is 2. The van der Waals surface area contributed by atoms with Crippen LogP contribution in [0.3, 0.4) is 0 Å². The van der Waals surface area contributed by atoms with Gasteiger partial charge in [-0.2, -0.15) is 0 Å². The van der Waals surface area contributed by atoms with Crippen LogP contribution < -0.4 is 10.1 Å². The van der Waals surface area contributed by atoms with E-state index in [0.29, 0.717) is 22.4 Å². The van der Waals surface area contributed by atoms with E-state index in [9.17, 15) is 9.90 Å². The molecule has 6 heteroatoms. The molecule has 1 fully saturated rings. The quantitative estimate of drug-likeness (QED) is 0.644. The van der Waals surface area contributed by atoms with Gasteiger partial charge in [-0.3, -0.25) is 4.79 Å². The standard InChI is InChI=1S/C22H24N2O3S/c1-3-5-6-15-7-10-17(11-8-15)23-22-24-21(26)20(28-22)14-16-9-12-18(25)19(13-16)27-4-2/h7-14,25H,3-6H2,1-2H3,(H,23,24,26)/b20-14-. The summed E-state index contributed by atoms with van der Waals surface area (Å²) in [6, 6.07) is 13.1. The summed E-state index contributed by atoms with van der Waals surface area (Å²) in [5.74, 6) is 0.295. The molecule has 1 amide bonds. The molecule has 0 bridgehead atoms. The van der Waals surface area contributed by atoms with Crippen molar-refractivity contribution < 1.29 is 14.6 Å². The Kier molecular flexibility index (Phi) is 6.76.